The first-order valence-corrected chi connectivity index (χ1v) is 10.9. The monoisotopic (exact) mass is 418 g/mol. The summed E-state index contributed by atoms with van der Waals surface area (Å²) in [6.07, 6.45) is 2.87. The van der Waals surface area contributed by atoms with Crippen molar-refractivity contribution in [2.45, 2.75) is 18.4 Å². The quantitative estimate of drug-likeness (QED) is 0.362. The van der Waals surface area contributed by atoms with Crippen LogP contribution >= 0.6 is 0 Å². The van der Waals surface area contributed by atoms with Gasteiger partial charge in [-0.3, -0.25) is 9.78 Å². The number of nitrogens with zero attached hydrogens (tertiary/aromatic N) is 2. The maximum absolute atomic E-state index is 13.6. The summed E-state index contributed by atoms with van der Waals surface area (Å²) < 4.78 is 7.18. The molecule has 0 bridgehead atoms. The van der Waals surface area contributed by atoms with Crippen molar-refractivity contribution in [3.05, 3.63) is 107 Å². The average molecular weight is 418 g/mol. The third kappa shape index (κ3) is 3.07. The van der Waals surface area contributed by atoms with E-state index >= 15 is 0 Å². The second-order valence-corrected chi connectivity index (χ2v) is 8.36. The summed E-state index contributed by atoms with van der Waals surface area (Å²) in [6, 6.07) is 28.5. The topological polar surface area (TPSA) is 44.1 Å². The van der Waals surface area contributed by atoms with Crippen LogP contribution in [0, 0.1) is 0 Å². The van der Waals surface area contributed by atoms with Gasteiger partial charge in [0.25, 0.3) is 5.56 Å². The van der Waals surface area contributed by atoms with Gasteiger partial charge in [-0.2, -0.15) is 0 Å². The predicted octanol–water partition coefficient (Wildman–Crippen LogP) is 5.95. The van der Waals surface area contributed by atoms with E-state index in [-0.39, 0.29) is 17.5 Å². The van der Waals surface area contributed by atoms with E-state index in [9.17, 15) is 4.79 Å². The van der Waals surface area contributed by atoms with Gasteiger partial charge in [0.2, 0.25) is 0 Å². The molecule has 0 saturated heterocycles. The van der Waals surface area contributed by atoms with Crippen molar-refractivity contribution in [3.63, 3.8) is 0 Å². The lowest BCUT2D eigenvalue weighted by Crippen LogP contribution is -2.19. The van der Waals surface area contributed by atoms with Crippen LogP contribution in [0.2, 0.25) is 0 Å². The Balaban J connectivity index is 1.41. The van der Waals surface area contributed by atoms with Crippen LogP contribution in [0.1, 0.15) is 24.1 Å². The molecule has 5 aromatic rings. The highest BCUT2D eigenvalue weighted by Crippen LogP contribution is 2.50. The minimum atomic E-state index is 0.0576. The minimum Gasteiger partial charge on any atom is -0.497 e. The summed E-state index contributed by atoms with van der Waals surface area (Å²) in [6.45, 7) is 0. The molecule has 156 valence electrons. The number of fused-ring (bicyclic) bond motifs is 2. The van der Waals surface area contributed by atoms with E-state index in [1.807, 2.05) is 77.5 Å². The molecule has 2 atom stereocenters. The Bertz CT molecular complexity index is 1520. The summed E-state index contributed by atoms with van der Waals surface area (Å²) in [5, 5.41) is 2.86. The molecule has 1 aliphatic carbocycles. The molecule has 32 heavy (non-hydrogen) atoms. The van der Waals surface area contributed by atoms with Gasteiger partial charge in [-0.1, -0.05) is 54.6 Å². The zero-order valence-corrected chi connectivity index (χ0v) is 17.7. The number of hydrogen-bond acceptors (Lipinski definition) is 3. The van der Waals surface area contributed by atoms with Crippen LogP contribution in [0.5, 0.6) is 5.75 Å². The molecule has 0 aliphatic heterocycles. The molecule has 1 aliphatic rings. The number of methoxy groups -OCH3 is 1. The van der Waals surface area contributed by atoms with Crippen molar-refractivity contribution >= 4 is 21.7 Å². The fourth-order valence-corrected chi connectivity index (χ4v) is 4.67. The van der Waals surface area contributed by atoms with Gasteiger partial charge in [0, 0.05) is 29.2 Å². The van der Waals surface area contributed by atoms with Crippen LogP contribution in [0.4, 0.5) is 0 Å². The zero-order chi connectivity index (χ0) is 21.7. The largest absolute Gasteiger partial charge is 0.497 e. The fourth-order valence-electron chi connectivity index (χ4n) is 4.67. The van der Waals surface area contributed by atoms with Crippen LogP contribution in [0.25, 0.3) is 32.8 Å². The normalized spacial score (nSPS) is 17.5. The highest BCUT2D eigenvalue weighted by Gasteiger charge is 2.41. The number of rotatable bonds is 4. The van der Waals surface area contributed by atoms with E-state index in [1.165, 1.54) is 0 Å². The average Bonchev–Trinajstić information content (AvgIpc) is 3.64. The van der Waals surface area contributed by atoms with E-state index in [4.69, 9.17) is 9.72 Å². The zero-order valence-electron chi connectivity index (χ0n) is 17.7. The minimum absolute atomic E-state index is 0.0576. The van der Waals surface area contributed by atoms with Gasteiger partial charge in [-0.15, -0.1) is 0 Å². The standard InChI is InChI=1S/C28H22N2O2/c1-32-21-12-9-18(10-13-21)22-7-4-6-20-15-16-30(28(31)27(20)22)26-17-23(26)25-14-11-19-5-2-3-8-24(19)29-25/h2-16,23,26H,17H2,1H3/t23-,26+/m0/s1. The van der Waals surface area contributed by atoms with Crippen molar-refractivity contribution in [3.8, 4) is 16.9 Å². The van der Waals surface area contributed by atoms with Crippen LogP contribution in [-0.2, 0) is 0 Å². The summed E-state index contributed by atoms with van der Waals surface area (Å²) in [5.74, 6) is 1.07. The fraction of sp³-hybridized carbons (Fsp3) is 0.143. The van der Waals surface area contributed by atoms with Gasteiger partial charge in [0.15, 0.2) is 0 Å². The van der Waals surface area contributed by atoms with Gasteiger partial charge < -0.3 is 9.30 Å². The maximum Gasteiger partial charge on any atom is 0.259 e. The number of aromatic nitrogens is 2. The van der Waals surface area contributed by atoms with Crippen molar-refractivity contribution < 1.29 is 4.74 Å². The first kappa shape index (κ1) is 18.8. The van der Waals surface area contributed by atoms with E-state index in [0.717, 1.165) is 50.7 Å². The lowest BCUT2D eigenvalue weighted by atomic mass is 9.99. The van der Waals surface area contributed by atoms with Crippen LogP contribution in [0.15, 0.2) is 95.9 Å². The molecule has 1 saturated carbocycles. The molecule has 6 rings (SSSR count). The SMILES string of the molecule is COc1ccc(-c2cccc3ccn([C@@H]4C[C@H]4c4ccc5ccccc5n4)c(=O)c23)cc1. The molecule has 4 nitrogen and oxygen atoms in total. The number of ether oxygens (including phenoxy) is 1. The first-order chi connectivity index (χ1) is 15.7. The Hall–Kier alpha value is -3.92. The summed E-state index contributed by atoms with van der Waals surface area (Å²) >= 11 is 0. The molecule has 2 heterocycles. The molecule has 3 aromatic carbocycles. The predicted molar refractivity (Wildman–Crippen MR) is 128 cm³/mol. The molecule has 4 heteroatoms. The summed E-state index contributed by atoms with van der Waals surface area (Å²) in [4.78, 5) is 18.5. The van der Waals surface area contributed by atoms with E-state index < -0.39 is 0 Å². The van der Waals surface area contributed by atoms with Crippen LogP contribution in [-0.4, -0.2) is 16.7 Å². The smallest absolute Gasteiger partial charge is 0.259 e. The highest BCUT2D eigenvalue weighted by atomic mass is 16.5. The van der Waals surface area contributed by atoms with Gasteiger partial charge >= 0.3 is 0 Å². The third-order valence-corrected chi connectivity index (χ3v) is 6.47. The Morgan fingerprint density at radius 3 is 2.53 bits per heavy atom. The van der Waals surface area contributed by atoms with Crippen molar-refractivity contribution in [1.82, 2.24) is 9.55 Å². The number of pyridine rings is 2. The molecular formula is C28H22N2O2. The van der Waals surface area contributed by atoms with Gasteiger partial charge in [-0.05, 0) is 53.3 Å². The third-order valence-electron chi connectivity index (χ3n) is 6.47. The van der Waals surface area contributed by atoms with E-state index in [2.05, 4.69) is 18.2 Å². The first-order valence-electron chi connectivity index (χ1n) is 10.9. The molecule has 0 radical (unpaired) electrons. The molecule has 2 aromatic heterocycles. The van der Waals surface area contributed by atoms with Gasteiger partial charge in [0.1, 0.15) is 5.75 Å². The second-order valence-electron chi connectivity index (χ2n) is 8.36. The lowest BCUT2D eigenvalue weighted by Gasteiger charge is -2.11. The molecule has 0 spiro atoms. The molecule has 0 amide bonds. The van der Waals surface area contributed by atoms with Crippen LogP contribution in [0.3, 0.4) is 0 Å². The Labute approximate surface area is 185 Å². The van der Waals surface area contributed by atoms with Crippen molar-refractivity contribution in [2.75, 3.05) is 7.11 Å². The lowest BCUT2D eigenvalue weighted by molar-refractivity contribution is 0.415. The molecule has 1 fully saturated rings. The second kappa shape index (κ2) is 7.34. The Morgan fingerprint density at radius 2 is 1.69 bits per heavy atom. The molecule has 0 unspecified atom stereocenters. The summed E-state index contributed by atoms with van der Waals surface area (Å²) in [5.41, 5.74) is 4.08. The molecule has 0 N–H and O–H groups in total. The summed E-state index contributed by atoms with van der Waals surface area (Å²) in [7, 11) is 1.65. The van der Waals surface area contributed by atoms with Crippen molar-refractivity contribution in [1.29, 1.82) is 0 Å². The Morgan fingerprint density at radius 1 is 0.875 bits per heavy atom. The van der Waals surface area contributed by atoms with E-state index in [0.29, 0.717) is 0 Å². The van der Waals surface area contributed by atoms with Crippen molar-refractivity contribution in [2.24, 2.45) is 0 Å². The Kier molecular flexibility index (Phi) is 4.32. The number of para-hydroxylation sites is 1. The van der Waals surface area contributed by atoms with Crippen LogP contribution < -0.4 is 10.3 Å². The van der Waals surface area contributed by atoms with Gasteiger partial charge in [-0.25, -0.2) is 0 Å². The highest BCUT2D eigenvalue weighted by molar-refractivity contribution is 5.96. The van der Waals surface area contributed by atoms with Gasteiger partial charge in [0.05, 0.1) is 18.0 Å². The molecular weight excluding hydrogens is 396 g/mol. The number of hydrogen-bond donors (Lipinski definition) is 0. The number of benzene rings is 3. The maximum atomic E-state index is 13.6. The van der Waals surface area contributed by atoms with E-state index in [1.54, 1.807) is 7.11 Å².